The highest BCUT2D eigenvalue weighted by molar-refractivity contribution is 9.10. The van der Waals surface area contributed by atoms with Gasteiger partial charge in [0.2, 0.25) is 0 Å². The standard InChI is InChI=1S/C32H22BrF5N2O4/c1-40-25-13-12-17(33)15-21(25)28(32(36,37)38)26(30(40)42)20-9-4-7-18-16(6-3-8-19(18)20)14-24(31(43)44-2)39-29(41)27-22(34)10-5-11-23(27)35/h3-13,15,24H,14H2,1-2H3,(H,39,41)/t24-/m0/s1. The fraction of sp³-hybridized carbons (Fsp3) is 0.156. The Morgan fingerprint density at radius 2 is 1.57 bits per heavy atom. The number of rotatable bonds is 6. The number of hydrogen-bond donors (Lipinski definition) is 1. The predicted octanol–water partition coefficient (Wildman–Crippen LogP) is 6.93. The molecule has 5 aromatic rings. The number of nitrogens with zero attached hydrogens (tertiary/aromatic N) is 1. The molecule has 12 heteroatoms. The Labute approximate surface area is 255 Å². The Morgan fingerprint density at radius 1 is 0.932 bits per heavy atom. The van der Waals surface area contributed by atoms with E-state index < -0.39 is 58.0 Å². The van der Waals surface area contributed by atoms with E-state index >= 15 is 0 Å². The maximum atomic E-state index is 14.7. The van der Waals surface area contributed by atoms with Crippen molar-refractivity contribution in [3.05, 3.63) is 116 Å². The quantitative estimate of drug-likeness (QED) is 0.157. The molecule has 0 spiro atoms. The van der Waals surface area contributed by atoms with Crippen LogP contribution in [0.15, 0.2) is 82.1 Å². The molecule has 0 aliphatic carbocycles. The molecule has 0 fully saturated rings. The second kappa shape index (κ2) is 11.8. The maximum Gasteiger partial charge on any atom is 0.417 e. The van der Waals surface area contributed by atoms with E-state index in [1.807, 2.05) is 0 Å². The highest BCUT2D eigenvalue weighted by Gasteiger charge is 2.38. The molecule has 1 N–H and O–H groups in total. The molecule has 1 heterocycles. The Hall–Kier alpha value is -4.58. The molecule has 1 aromatic heterocycles. The van der Waals surface area contributed by atoms with Gasteiger partial charge in [0.1, 0.15) is 23.2 Å². The van der Waals surface area contributed by atoms with Crippen LogP contribution in [0.5, 0.6) is 0 Å². The van der Waals surface area contributed by atoms with E-state index in [1.165, 1.54) is 37.4 Å². The van der Waals surface area contributed by atoms with Crippen molar-refractivity contribution in [3.8, 4) is 11.1 Å². The molecule has 44 heavy (non-hydrogen) atoms. The van der Waals surface area contributed by atoms with Crippen molar-refractivity contribution in [2.75, 3.05) is 7.11 Å². The van der Waals surface area contributed by atoms with Gasteiger partial charge in [0, 0.05) is 23.3 Å². The second-order valence-corrected chi connectivity index (χ2v) is 10.9. The number of ether oxygens (including phenoxy) is 1. The van der Waals surface area contributed by atoms with Crippen molar-refractivity contribution < 1.29 is 36.3 Å². The first-order valence-electron chi connectivity index (χ1n) is 13.1. The zero-order chi connectivity index (χ0) is 31.9. The van der Waals surface area contributed by atoms with Crippen molar-refractivity contribution >= 4 is 49.5 Å². The number of methoxy groups -OCH3 is 1. The molecule has 0 unspecified atom stereocenters. The predicted molar refractivity (Wildman–Crippen MR) is 158 cm³/mol. The molecular formula is C32H22BrF5N2O4. The molecule has 6 nitrogen and oxygen atoms in total. The van der Waals surface area contributed by atoms with Gasteiger partial charge < -0.3 is 14.6 Å². The molecule has 1 atom stereocenters. The average Bonchev–Trinajstić information content (AvgIpc) is 2.97. The molecule has 1 amide bonds. The topological polar surface area (TPSA) is 77.4 Å². The van der Waals surface area contributed by atoms with Gasteiger partial charge in [-0.2, -0.15) is 13.2 Å². The molecule has 0 aliphatic rings. The minimum Gasteiger partial charge on any atom is -0.467 e. The van der Waals surface area contributed by atoms with Crippen molar-refractivity contribution in [2.24, 2.45) is 7.05 Å². The zero-order valence-corrected chi connectivity index (χ0v) is 24.6. The summed E-state index contributed by atoms with van der Waals surface area (Å²) in [5.41, 5.74) is -2.91. The number of hydrogen-bond acceptors (Lipinski definition) is 4. The van der Waals surface area contributed by atoms with E-state index in [0.29, 0.717) is 15.4 Å². The van der Waals surface area contributed by atoms with Crippen LogP contribution in [0.3, 0.4) is 0 Å². The summed E-state index contributed by atoms with van der Waals surface area (Å²) in [7, 11) is 2.46. The number of aromatic nitrogens is 1. The number of fused-ring (bicyclic) bond motifs is 2. The van der Waals surface area contributed by atoms with Gasteiger partial charge >= 0.3 is 12.1 Å². The first-order chi connectivity index (χ1) is 20.8. The average molecular weight is 673 g/mol. The van der Waals surface area contributed by atoms with Crippen LogP contribution >= 0.6 is 15.9 Å². The van der Waals surface area contributed by atoms with Gasteiger partial charge in [-0.1, -0.05) is 58.4 Å². The number of esters is 1. The number of aryl methyl sites for hydroxylation is 1. The van der Waals surface area contributed by atoms with Crippen LogP contribution in [0.2, 0.25) is 0 Å². The molecule has 0 aliphatic heterocycles. The third kappa shape index (κ3) is 5.57. The summed E-state index contributed by atoms with van der Waals surface area (Å²) in [5, 5.41) is 2.78. The first-order valence-corrected chi connectivity index (χ1v) is 13.9. The van der Waals surface area contributed by atoms with Gasteiger partial charge in [-0.15, -0.1) is 0 Å². The van der Waals surface area contributed by atoms with Crippen LogP contribution in [0.25, 0.3) is 32.8 Å². The van der Waals surface area contributed by atoms with E-state index in [-0.39, 0.29) is 28.3 Å². The fourth-order valence-electron chi connectivity index (χ4n) is 5.34. The third-order valence-corrected chi connectivity index (χ3v) is 7.82. The van der Waals surface area contributed by atoms with E-state index in [2.05, 4.69) is 21.2 Å². The number of nitrogens with one attached hydrogen (secondary N) is 1. The molecular weight excluding hydrogens is 651 g/mol. The lowest BCUT2D eigenvalue weighted by Gasteiger charge is -2.21. The van der Waals surface area contributed by atoms with Gasteiger partial charge in [-0.05, 0) is 52.2 Å². The van der Waals surface area contributed by atoms with Crippen LogP contribution in [0.4, 0.5) is 22.0 Å². The minimum atomic E-state index is -4.90. The van der Waals surface area contributed by atoms with Gasteiger partial charge in [0.25, 0.3) is 11.5 Å². The minimum absolute atomic E-state index is 0.00577. The van der Waals surface area contributed by atoms with Crippen LogP contribution in [-0.2, 0) is 29.2 Å². The lowest BCUT2D eigenvalue weighted by atomic mass is 9.90. The second-order valence-electron chi connectivity index (χ2n) is 9.94. The van der Waals surface area contributed by atoms with E-state index in [1.54, 1.807) is 24.3 Å². The van der Waals surface area contributed by atoms with Crippen LogP contribution < -0.4 is 10.9 Å². The number of carbonyl (C=O) groups is 2. The molecule has 0 saturated carbocycles. The van der Waals surface area contributed by atoms with Crippen LogP contribution in [0.1, 0.15) is 21.5 Å². The van der Waals surface area contributed by atoms with Gasteiger partial charge in [0.05, 0.1) is 23.8 Å². The smallest absolute Gasteiger partial charge is 0.417 e. The monoisotopic (exact) mass is 672 g/mol. The summed E-state index contributed by atoms with van der Waals surface area (Å²) in [6, 6.07) is 14.9. The zero-order valence-electron chi connectivity index (χ0n) is 23.1. The fourth-order valence-corrected chi connectivity index (χ4v) is 5.70. The number of halogens is 6. The normalized spacial score (nSPS) is 12.4. The molecule has 226 valence electrons. The van der Waals surface area contributed by atoms with E-state index in [9.17, 15) is 36.3 Å². The third-order valence-electron chi connectivity index (χ3n) is 7.33. The van der Waals surface area contributed by atoms with Gasteiger partial charge in [-0.25, -0.2) is 13.6 Å². The summed E-state index contributed by atoms with van der Waals surface area (Å²) in [6.45, 7) is 0. The molecule has 0 radical (unpaired) electrons. The molecule has 4 aromatic carbocycles. The van der Waals surface area contributed by atoms with Gasteiger partial charge in [-0.3, -0.25) is 9.59 Å². The first kappa shape index (κ1) is 30.9. The van der Waals surface area contributed by atoms with Crippen molar-refractivity contribution in [2.45, 2.75) is 18.6 Å². The SMILES string of the molecule is COC(=O)[C@H](Cc1cccc2c(-c3c(C(F)(F)F)c4cc(Br)ccc4n(C)c3=O)cccc12)NC(=O)c1c(F)cccc1F. The number of alkyl halides is 3. The highest BCUT2D eigenvalue weighted by atomic mass is 79.9. The number of amides is 1. The molecule has 0 saturated heterocycles. The van der Waals surface area contributed by atoms with Gasteiger partial charge in [0.15, 0.2) is 0 Å². The van der Waals surface area contributed by atoms with Crippen molar-refractivity contribution in [3.63, 3.8) is 0 Å². The number of pyridine rings is 1. The van der Waals surface area contributed by atoms with E-state index in [0.717, 1.165) is 29.9 Å². The maximum absolute atomic E-state index is 14.7. The van der Waals surface area contributed by atoms with Crippen LogP contribution in [0, 0.1) is 11.6 Å². The lowest BCUT2D eigenvalue weighted by molar-refractivity contribution is -0.142. The largest absolute Gasteiger partial charge is 0.467 e. The number of benzene rings is 4. The Kier molecular flexibility index (Phi) is 8.30. The number of carbonyl (C=O) groups excluding carboxylic acids is 2. The summed E-state index contributed by atoms with van der Waals surface area (Å²) in [4.78, 5) is 39.0. The summed E-state index contributed by atoms with van der Waals surface area (Å²) >= 11 is 3.22. The molecule has 5 rings (SSSR count). The Balaban J connectivity index is 1.67. The van der Waals surface area contributed by atoms with Crippen molar-refractivity contribution in [1.29, 1.82) is 0 Å². The van der Waals surface area contributed by atoms with Crippen LogP contribution in [-0.4, -0.2) is 29.6 Å². The summed E-state index contributed by atoms with van der Waals surface area (Å²) in [6.07, 6.45) is -5.14. The molecule has 0 bridgehead atoms. The summed E-state index contributed by atoms with van der Waals surface area (Å²) in [5.74, 6) is -4.38. The Bertz CT molecular complexity index is 2000. The Morgan fingerprint density at radius 3 is 2.23 bits per heavy atom. The summed E-state index contributed by atoms with van der Waals surface area (Å²) < 4.78 is 78.9. The van der Waals surface area contributed by atoms with Crippen molar-refractivity contribution in [1.82, 2.24) is 9.88 Å². The van der Waals surface area contributed by atoms with E-state index in [4.69, 9.17) is 4.74 Å². The highest BCUT2D eigenvalue weighted by Crippen LogP contribution is 2.42. The lowest BCUT2D eigenvalue weighted by Crippen LogP contribution is -2.43.